The molecule has 376 valence electrons. The van der Waals surface area contributed by atoms with Crippen molar-refractivity contribution in [3.8, 4) is 34.5 Å². The number of aliphatic hydroxyl groups is 2. The van der Waals surface area contributed by atoms with Gasteiger partial charge in [0, 0.05) is 30.6 Å². The Morgan fingerprint density at radius 2 is 1.04 bits per heavy atom. The van der Waals surface area contributed by atoms with Crippen molar-refractivity contribution in [2.45, 2.75) is 56.2 Å². The van der Waals surface area contributed by atoms with Crippen molar-refractivity contribution in [1.82, 2.24) is 0 Å². The van der Waals surface area contributed by atoms with E-state index < -0.39 is 66.8 Å². The van der Waals surface area contributed by atoms with Gasteiger partial charge in [-0.25, -0.2) is 9.59 Å². The molecule has 0 bridgehead atoms. The van der Waals surface area contributed by atoms with E-state index in [0.29, 0.717) is 11.1 Å². The minimum absolute atomic E-state index is 0.0133. The van der Waals surface area contributed by atoms with Crippen molar-refractivity contribution < 1.29 is 84.2 Å². The second-order valence-electron chi connectivity index (χ2n) is 15.7. The van der Waals surface area contributed by atoms with E-state index in [1.807, 2.05) is 0 Å². The molecule has 0 fully saturated rings. The number of nitrogen functional groups attached to an aromatic ring is 2. The van der Waals surface area contributed by atoms with E-state index in [-0.39, 0.29) is 88.6 Å². The first-order chi connectivity index (χ1) is 33.5. The molecule has 5 aromatic carbocycles. The van der Waals surface area contributed by atoms with Crippen molar-refractivity contribution >= 4 is 47.0 Å². The smallest absolute Gasteiger partial charge is 0.389 e. The normalized spacial score (nSPS) is 12.4. The Bertz CT molecular complexity index is 2720. The molecule has 71 heavy (non-hydrogen) atoms. The van der Waals surface area contributed by atoms with Crippen LogP contribution in [0, 0.1) is 0 Å². The fourth-order valence-electron chi connectivity index (χ4n) is 6.67. The van der Waals surface area contributed by atoms with Crippen molar-refractivity contribution in [2.24, 2.45) is 0 Å². The maximum absolute atomic E-state index is 13.6. The van der Waals surface area contributed by atoms with Crippen LogP contribution in [-0.4, -0.2) is 79.3 Å². The Hall–Kier alpha value is -7.84. The number of hydrogen-bond donors (Lipinski definition) is 4. The molecule has 0 aromatic heterocycles. The van der Waals surface area contributed by atoms with E-state index in [0.717, 1.165) is 12.2 Å². The number of anilines is 2. The number of hydrogen-bond acceptors (Lipinski definition) is 14. The summed E-state index contributed by atoms with van der Waals surface area (Å²) in [4.78, 5) is 52.9. The minimum atomic E-state index is -4.30. The SMILES string of the molecule is COc1cc(C=CC(=O)CC(c2ccc(N)cc2N)C(O)(O)C(=O)C=Cc2ccc(OC(=O)c3ccc(OCCCC(F)(F)F)cc3)c(OC)c2)ccc1OC(=O)c1ccc(OCCCC(F)(F)F)cc1. The molecule has 5 rings (SSSR count). The summed E-state index contributed by atoms with van der Waals surface area (Å²) in [6.07, 6.45) is -7.10. The number of alkyl halides is 6. The molecular weight excluding hydrogens is 947 g/mol. The molecule has 0 heterocycles. The number of carbonyl (C=O) groups excluding carboxylic acids is 4. The highest BCUT2D eigenvalue weighted by atomic mass is 19.4. The zero-order valence-electron chi connectivity index (χ0n) is 38.1. The highest BCUT2D eigenvalue weighted by Gasteiger charge is 2.43. The molecule has 0 aliphatic carbocycles. The van der Waals surface area contributed by atoms with Gasteiger partial charge in [-0.2, -0.15) is 26.3 Å². The standard InChI is InChI=1S/C51H48F6N2O12/c1-66-44-27-31(6-20-42(44)70-47(62)33-9-15-37(16-10-33)68-25-3-23-49(52,53)54)5-14-36(60)30-40(39-19-13-35(58)29-41(39)59)51(64,65)46(61)22-8-32-7-21-43(45(28-32)67-2)71-48(63)34-11-17-38(18-12-34)69-26-4-24-50(55,56)57/h5-22,27-29,40,64-65H,3-4,23-26,30,58-59H2,1-2H3. The summed E-state index contributed by atoms with van der Waals surface area (Å²) in [7, 11) is 2.61. The number of esters is 2. The van der Waals surface area contributed by atoms with Gasteiger partial charge in [-0.05, 0) is 127 Å². The molecule has 0 saturated carbocycles. The minimum Gasteiger partial charge on any atom is -0.494 e. The van der Waals surface area contributed by atoms with Gasteiger partial charge in [0.05, 0.1) is 44.5 Å². The molecule has 5 aromatic rings. The summed E-state index contributed by atoms with van der Waals surface area (Å²) in [6, 6.07) is 23.8. The van der Waals surface area contributed by atoms with Gasteiger partial charge in [0.1, 0.15) is 11.5 Å². The zero-order chi connectivity index (χ0) is 51.9. The fourth-order valence-corrected chi connectivity index (χ4v) is 6.67. The van der Waals surface area contributed by atoms with Crippen molar-refractivity contribution in [2.75, 3.05) is 38.9 Å². The van der Waals surface area contributed by atoms with Crippen molar-refractivity contribution in [3.63, 3.8) is 0 Å². The van der Waals surface area contributed by atoms with Gasteiger partial charge in [-0.3, -0.25) is 9.59 Å². The zero-order valence-corrected chi connectivity index (χ0v) is 38.1. The van der Waals surface area contributed by atoms with E-state index in [1.165, 1.54) is 129 Å². The summed E-state index contributed by atoms with van der Waals surface area (Å²) < 4.78 is 107. The maximum Gasteiger partial charge on any atom is 0.389 e. The summed E-state index contributed by atoms with van der Waals surface area (Å²) in [6.45, 7) is -0.346. The van der Waals surface area contributed by atoms with Gasteiger partial charge in [-0.15, -0.1) is 0 Å². The quantitative estimate of drug-likeness (QED) is 0.00912. The number of ether oxygens (including phenoxy) is 6. The Kier molecular flexibility index (Phi) is 18.4. The van der Waals surface area contributed by atoms with Crippen molar-refractivity contribution in [1.29, 1.82) is 0 Å². The number of benzene rings is 5. The average Bonchev–Trinajstić information content (AvgIpc) is 3.32. The first-order valence-corrected chi connectivity index (χ1v) is 21.5. The first-order valence-electron chi connectivity index (χ1n) is 21.5. The third-order valence-corrected chi connectivity index (χ3v) is 10.3. The highest BCUT2D eigenvalue weighted by Crippen LogP contribution is 2.37. The summed E-state index contributed by atoms with van der Waals surface area (Å²) in [5.41, 5.74) is 13.2. The van der Waals surface area contributed by atoms with Gasteiger partial charge < -0.3 is 50.1 Å². The van der Waals surface area contributed by atoms with Gasteiger partial charge in [0.2, 0.25) is 11.6 Å². The Labute approximate surface area is 403 Å². The number of allylic oxidation sites excluding steroid dienone is 1. The molecule has 0 radical (unpaired) electrons. The summed E-state index contributed by atoms with van der Waals surface area (Å²) in [5, 5.41) is 22.9. The third-order valence-electron chi connectivity index (χ3n) is 10.3. The molecule has 14 nitrogen and oxygen atoms in total. The molecular formula is C51H48F6N2O12. The lowest BCUT2D eigenvalue weighted by atomic mass is 9.82. The van der Waals surface area contributed by atoms with Crippen LogP contribution in [0.1, 0.15) is 75.4 Å². The van der Waals surface area contributed by atoms with E-state index in [9.17, 15) is 55.7 Å². The number of halogens is 6. The predicted octanol–water partition coefficient (Wildman–Crippen LogP) is 9.47. The Balaban J connectivity index is 1.23. The number of carbonyl (C=O) groups is 4. The second kappa shape index (κ2) is 24.1. The first kappa shape index (κ1) is 54.1. The second-order valence-corrected chi connectivity index (χ2v) is 15.7. The monoisotopic (exact) mass is 994 g/mol. The Morgan fingerprint density at radius 1 is 0.592 bits per heavy atom. The van der Waals surface area contributed by atoms with Gasteiger partial charge in [0.25, 0.3) is 0 Å². The number of rotatable bonds is 23. The predicted molar refractivity (Wildman–Crippen MR) is 248 cm³/mol. The molecule has 0 aliphatic heterocycles. The number of ketones is 2. The van der Waals surface area contributed by atoms with Crippen LogP contribution < -0.4 is 39.9 Å². The summed E-state index contributed by atoms with van der Waals surface area (Å²) >= 11 is 0. The molecule has 1 unspecified atom stereocenters. The largest absolute Gasteiger partial charge is 0.494 e. The lowest BCUT2D eigenvalue weighted by Crippen LogP contribution is -2.44. The average molecular weight is 995 g/mol. The molecule has 0 saturated heterocycles. The molecule has 6 N–H and O–H groups in total. The number of methoxy groups -OCH3 is 2. The van der Waals surface area contributed by atoms with E-state index >= 15 is 0 Å². The topological polar surface area (TPSA) is 216 Å². The molecule has 0 amide bonds. The van der Waals surface area contributed by atoms with E-state index in [4.69, 9.17) is 39.9 Å². The molecule has 0 spiro atoms. The van der Waals surface area contributed by atoms with E-state index in [1.54, 1.807) is 0 Å². The van der Waals surface area contributed by atoms with Crippen LogP contribution in [-0.2, 0) is 9.59 Å². The van der Waals surface area contributed by atoms with E-state index in [2.05, 4.69) is 0 Å². The van der Waals surface area contributed by atoms with Crippen LogP contribution in [0.4, 0.5) is 37.7 Å². The van der Waals surface area contributed by atoms with Gasteiger partial charge >= 0.3 is 24.3 Å². The van der Waals surface area contributed by atoms with Gasteiger partial charge in [-0.1, -0.05) is 30.4 Å². The van der Waals surface area contributed by atoms with Crippen LogP contribution in [0.25, 0.3) is 12.2 Å². The summed E-state index contributed by atoms with van der Waals surface area (Å²) in [5.74, 6) is -7.69. The molecule has 0 aliphatic rings. The van der Waals surface area contributed by atoms with Crippen LogP contribution in [0.2, 0.25) is 0 Å². The van der Waals surface area contributed by atoms with Crippen LogP contribution in [0.3, 0.4) is 0 Å². The Morgan fingerprint density at radius 3 is 1.46 bits per heavy atom. The lowest BCUT2D eigenvalue weighted by Gasteiger charge is -2.30. The molecule has 1 atom stereocenters. The number of nitrogens with two attached hydrogens (primary N) is 2. The van der Waals surface area contributed by atoms with Crippen molar-refractivity contribution in [3.05, 3.63) is 143 Å². The van der Waals surface area contributed by atoms with Crippen LogP contribution in [0.5, 0.6) is 34.5 Å². The van der Waals surface area contributed by atoms with Gasteiger partial charge in [0.15, 0.2) is 28.8 Å². The highest BCUT2D eigenvalue weighted by molar-refractivity contribution is 6.01. The fraction of sp³-hybridized carbons (Fsp3) is 0.255. The maximum atomic E-state index is 13.6. The van der Waals surface area contributed by atoms with Crippen LogP contribution in [0.15, 0.2) is 115 Å². The van der Waals surface area contributed by atoms with Crippen LogP contribution >= 0.6 is 0 Å². The lowest BCUT2D eigenvalue weighted by molar-refractivity contribution is -0.187. The molecule has 20 heteroatoms. The third kappa shape index (κ3) is 16.4.